The second kappa shape index (κ2) is 13.4. The Morgan fingerprint density at radius 2 is 0.873 bits per heavy atom. The number of hydrogen-bond donors (Lipinski definition) is 2. The minimum Gasteiger partial charge on any atom is -0.477 e. The van der Waals surface area contributed by atoms with Crippen molar-refractivity contribution in [2.24, 2.45) is 0 Å². The topological polar surface area (TPSA) is 132 Å². The Bertz CT molecular complexity index is 3000. The van der Waals surface area contributed by atoms with Crippen LogP contribution in [0.25, 0.3) is 85.3 Å². The van der Waals surface area contributed by atoms with Crippen LogP contribution < -0.4 is 0 Å². The van der Waals surface area contributed by atoms with E-state index in [0.29, 0.717) is 11.1 Å². The van der Waals surface area contributed by atoms with Gasteiger partial charge in [-0.3, -0.25) is 0 Å². The summed E-state index contributed by atoms with van der Waals surface area (Å²) in [5, 5.41) is 43.5. The largest absolute Gasteiger partial charge is 0.477 e. The van der Waals surface area contributed by atoms with E-state index in [2.05, 4.69) is 69.8 Å². The Labute approximate surface area is 324 Å². The van der Waals surface area contributed by atoms with Gasteiger partial charge >= 0.3 is 11.9 Å². The highest BCUT2D eigenvalue weighted by molar-refractivity contribution is 7.27. The summed E-state index contributed by atoms with van der Waals surface area (Å²) in [4.78, 5) is 27.6. The molecule has 55 heavy (non-hydrogen) atoms. The Morgan fingerprint density at radius 1 is 0.491 bits per heavy atom. The Balaban J connectivity index is 1.06. The van der Waals surface area contributed by atoms with Crippen molar-refractivity contribution in [3.8, 4) is 41.6 Å². The highest BCUT2D eigenvalue weighted by atomic mass is 32.1. The van der Waals surface area contributed by atoms with Crippen molar-refractivity contribution in [2.75, 3.05) is 0 Å². The lowest BCUT2D eigenvalue weighted by Gasteiger charge is -2.04. The van der Waals surface area contributed by atoms with Crippen molar-refractivity contribution in [1.29, 1.82) is 10.5 Å². The van der Waals surface area contributed by atoms with E-state index in [9.17, 15) is 30.3 Å². The van der Waals surface area contributed by atoms with Gasteiger partial charge in [-0.05, 0) is 96.1 Å². The molecule has 0 radical (unpaired) electrons. The monoisotopic (exact) mass is 768 g/mol. The van der Waals surface area contributed by atoms with Crippen LogP contribution in [0.1, 0.15) is 11.1 Å². The zero-order valence-corrected chi connectivity index (χ0v) is 30.9. The van der Waals surface area contributed by atoms with Crippen molar-refractivity contribution in [2.45, 2.75) is 0 Å². The van der Waals surface area contributed by atoms with Gasteiger partial charge in [0.1, 0.15) is 33.3 Å². The second-order valence-corrected chi connectivity index (χ2v) is 15.9. The summed E-state index contributed by atoms with van der Waals surface area (Å²) in [6.07, 6.45) is 2.80. The van der Waals surface area contributed by atoms with Crippen LogP contribution >= 0.6 is 34.0 Å². The number of carbonyl (C=O) groups is 2. The van der Waals surface area contributed by atoms with Crippen LogP contribution in [0.5, 0.6) is 0 Å². The molecule has 0 bridgehead atoms. The van der Waals surface area contributed by atoms with Gasteiger partial charge in [0.05, 0.1) is 22.1 Å². The first kappa shape index (κ1) is 33.8. The standard InChI is InChI=1S/C44H24N4O4S3/c45-23-27(43(49)50)19-25-9-11-35-31(21-25)29-5-1-3-7-33(29)47(35)41-17-15-39(54-41)37-13-14-38(53-37)40-16-18-42(55-40)48-34-8-4-2-6-30(34)32-22-26(10-12-36(32)48)20-28(24-46)44(51)52/h1-22H,(H,49,50)(H,51,52)/b27-19+,28-20+. The molecule has 9 rings (SSSR count). The summed E-state index contributed by atoms with van der Waals surface area (Å²) in [5.41, 5.74) is 4.72. The third-order valence-electron chi connectivity index (χ3n) is 9.43. The summed E-state index contributed by atoms with van der Waals surface area (Å²) in [7, 11) is 0. The van der Waals surface area contributed by atoms with Gasteiger partial charge in [0.25, 0.3) is 0 Å². The zero-order valence-electron chi connectivity index (χ0n) is 28.4. The number of carboxylic acid groups (broad SMARTS) is 2. The average Bonchev–Trinajstić information content (AvgIpc) is 4.04. The van der Waals surface area contributed by atoms with E-state index in [-0.39, 0.29) is 11.1 Å². The van der Waals surface area contributed by atoms with E-state index < -0.39 is 11.9 Å². The fourth-order valence-electron chi connectivity index (χ4n) is 7.02. The normalized spacial score (nSPS) is 12.1. The molecular weight excluding hydrogens is 745 g/mol. The Hall–Kier alpha value is -7.02. The predicted molar refractivity (Wildman–Crippen MR) is 222 cm³/mol. The predicted octanol–water partition coefficient (Wildman–Crippen LogP) is 11.4. The molecule has 0 aliphatic heterocycles. The van der Waals surface area contributed by atoms with Gasteiger partial charge in [-0.2, -0.15) is 10.5 Å². The molecule has 0 unspecified atom stereocenters. The van der Waals surface area contributed by atoms with Gasteiger partial charge in [0.15, 0.2) is 0 Å². The number of rotatable bonds is 8. The van der Waals surface area contributed by atoms with Crippen LogP contribution in [0.3, 0.4) is 0 Å². The highest BCUT2D eigenvalue weighted by Gasteiger charge is 2.18. The lowest BCUT2D eigenvalue weighted by atomic mass is 10.1. The average molecular weight is 769 g/mol. The molecule has 0 saturated carbocycles. The van der Waals surface area contributed by atoms with Crippen molar-refractivity contribution in [3.05, 3.63) is 144 Å². The number of aliphatic carboxylic acids is 2. The number of aromatic nitrogens is 2. The van der Waals surface area contributed by atoms with Gasteiger partial charge in [-0.15, -0.1) is 34.0 Å². The highest BCUT2D eigenvalue weighted by Crippen LogP contribution is 2.44. The van der Waals surface area contributed by atoms with Gasteiger partial charge in [0.2, 0.25) is 0 Å². The first-order chi connectivity index (χ1) is 26.8. The summed E-state index contributed by atoms with van der Waals surface area (Å²) in [5.74, 6) is -2.51. The SMILES string of the molecule is N#C/C(=C\c1ccc2c(c1)c1ccccc1n2-c1ccc(-c2ccc(-c3ccc(-n4c5ccccc5c5cc(/C=C(\C#N)C(=O)O)ccc54)s3)s2)s1)C(=O)O. The molecule has 0 amide bonds. The van der Waals surface area contributed by atoms with Gasteiger partial charge in [-0.25, -0.2) is 9.59 Å². The van der Waals surface area contributed by atoms with E-state index >= 15 is 0 Å². The van der Waals surface area contributed by atoms with Crippen LogP contribution in [0.15, 0.2) is 132 Å². The number of thiophene rings is 3. The maximum absolute atomic E-state index is 11.5. The summed E-state index contributed by atoms with van der Waals surface area (Å²) >= 11 is 5.15. The van der Waals surface area contributed by atoms with E-state index in [1.54, 1.807) is 46.1 Å². The number of carboxylic acids is 2. The molecule has 5 aromatic heterocycles. The lowest BCUT2D eigenvalue weighted by molar-refractivity contribution is -0.133. The first-order valence-electron chi connectivity index (χ1n) is 16.9. The maximum Gasteiger partial charge on any atom is 0.346 e. The van der Waals surface area contributed by atoms with E-state index in [4.69, 9.17) is 0 Å². The Kier molecular flexibility index (Phi) is 8.25. The molecule has 9 aromatic rings. The molecule has 0 saturated heterocycles. The van der Waals surface area contributed by atoms with Crippen molar-refractivity contribution in [1.82, 2.24) is 9.13 Å². The van der Waals surface area contributed by atoms with E-state index in [1.807, 2.05) is 60.7 Å². The van der Waals surface area contributed by atoms with Gasteiger partial charge < -0.3 is 19.3 Å². The third-order valence-corrected chi connectivity index (χ3v) is 13.1. The quantitative estimate of drug-likeness (QED) is 0.117. The summed E-state index contributed by atoms with van der Waals surface area (Å²) < 4.78 is 4.46. The van der Waals surface area contributed by atoms with Crippen LogP contribution in [0.4, 0.5) is 0 Å². The molecule has 5 heterocycles. The molecule has 2 N–H and O–H groups in total. The number of benzene rings is 4. The fourth-order valence-corrected chi connectivity index (χ4v) is 10.3. The number of para-hydroxylation sites is 2. The molecule has 4 aromatic carbocycles. The Morgan fingerprint density at radius 3 is 1.29 bits per heavy atom. The first-order valence-corrected chi connectivity index (χ1v) is 19.3. The van der Waals surface area contributed by atoms with E-state index in [0.717, 1.165) is 73.1 Å². The molecule has 262 valence electrons. The second-order valence-electron chi connectivity index (χ2n) is 12.6. The van der Waals surface area contributed by atoms with Gasteiger partial charge in [0, 0.05) is 41.1 Å². The van der Waals surface area contributed by atoms with Crippen LogP contribution in [0, 0.1) is 22.7 Å². The summed E-state index contributed by atoms with van der Waals surface area (Å²) in [6.45, 7) is 0. The third kappa shape index (κ3) is 5.80. The smallest absolute Gasteiger partial charge is 0.346 e. The summed E-state index contributed by atoms with van der Waals surface area (Å²) in [6, 6.07) is 44.2. The number of nitrogens with zero attached hydrogens (tertiary/aromatic N) is 4. The van der Waals surface area contributed by atoms with Crippen molar-refractivity contribution < 1.29 is 19.8 Å². The van der Waals surface area contributed by atoms with Crippen molar-refractivity contribution in [3.63, 3.8) is 0 Å². The van der Waals surface area contributed by atoms with Crippen LogP contribution in [-0.2, 0) is 9.59 Å². The molecule has 0 atom stereocenters. The van der Waals surface area contributed by atoms with Gasteiger partial charge in [-0.1, -0.05) is 48.5 Å². The van der Waals surface area contributed by atoms with Crippen molar-refractivity contribution >= 4 is 102 Å². The number of hydrogen-bond acceptors (Lipinski definition) is 7. The molecule has 0 spiro atoms. The molecule has 11 heteroatoms. The number of fused-ring (bicyclic) bond motifs is 6. The van der Waals surface area contributed by atoms with E-state index in [1.165, 1.54) is 12.2 Å². The lowest BCUT2D eigenvalue weighted by Crippen LogP contribution is -1.97. The zero-order chi connectivity index (χ0) is 37.8. The minimum absolute atomic E-state index is 0.314. The molecule has 8 nitrogen and oxygen atoms in total. The molecule has 0 aliphatic carbocycles. The minimum atomic E-state index is -1.25. The van der Waals surface area contributed by atoms with Crippen LogP contribution in [0.2, 0.25) is 0 Å². The molecule has 0 aliphatic rings. The fraction of sp³-hybridized carbons (Fsp3) is 0. The van der Waals surface area contributed by atoms with Crippen LogP contribution in [-0.4, -0.2) is 31.3 Å². The molecular formula is C44H24N4O4S3. The number of nitriles is 2. The maximum atomic E-state index is 11.5. The molecule has 0 fully saturated rings.